The highest BCUT2D eigenvalue weighted by Gasteiger charge is 2.34. The van der Waals surface area contributed by atoms with Crippen LogP contribution in [0.4, 0.5) is 5.69 Å². The summed E-state index contributed by atoms with van der Waals surface area (Å²) in [5, 5.41) is 2.91. The van der Waals surface area contributed by atoms with Gasteiger partial charge in [0, 0.05) is 24.7 Å². The fourth-order valence-corrected chi connectivity index (χ4v) is 5.41. The summed E-state index contributed by atoms with van der Waals surface area (Å²) >= 11 is 0. The summed E-state index contributed by atoms with van der Waals surface area (Å²) in [5.74, 6) is 0.279. The molecule has 29 heavy (non-hydrogen) atoms. The van der Waals surface area contributed by atoms with Gasteiger partial charge in [-0.05, 0) is 55.5 Å². The first-order valence-corrected chi connectivity index (χ1v) is 11.7. The molecule has 1 saturated heterocycles. The molecule has 0 saturated carbocycles. The van der Waals surface area contributed by atoms with Crippen molar-refractivity contribution in [2.24, 2.45) is 0 Å². The average Bonchev–Trinajstić information content (AvgIpc) is 2.69. The Morgan fingerprint density at radius 1 is 1.07 bits per heavy atom. The van der Waals surface area contributed by atoms with Gasteiger partial charge in [-0.2, -0.15) is 4.31 Å². The first-order chi connectivity index (χ1) is 13.8. The number of anilines is 1. The van der Waals surface area contributed by atoms with Gasteiger partial charge < -0.3 is 5.32 Å². The smallest absolute Gasteiger partial charge is 0.243 e. The number of piperidine rings is 1. The molecule has 0 unspecified atom stereocenters. The van der Waals surface area contributed by atoms with Crippen LogP contribution in [0, 0.1) is 6.92 Å². The molecule has 0 bridgehead atoms. The van der Waals surface area contributed by atoms with E-state index in [2.05, 4.69) is 19.2 Å². The molecule has 156 valence electrons. The molecular weight excluding hydrogens is 384 g/mol. The van der Waals surface area contributed by atoms with E-state index in [4.69, 9.17) is 0 Å². The summed E-state index contributed by atoms with van der Waals surface area (Å²) in [7, 11) is -3.61. The van der Waals surface area contributed by atoms with Gasteiger partial charge in [-0.1, -0.05) is 50.1 Å². The lowest BCUT2D eigenvalue weighted by atomic mass is 10.0. The van der Waals surface area contributed by atoms with Crippen molar-refractivity contribution >= 4 is 21.6 Å². The van der Waals surface area contributed by atoms with E-state index >= 15 is 0 Å². The highest BCUT2D eigenvalue weighted by atomic mass is 32.2. The van der Waals surface area contributed by atoms with Gasteiger partial charge in [0.15, 0.2) is 0 Å². The third kappa shape index (κ3) is 5.25. The molecule has 6 heteroatoms. The lowest BCUT2D eigenvalue weighted by molar-refractivity contribution is -0.117. The normalized spacial score (nSPS) is 18.0. The number of sulfonamides is 1. The maximum Gasteiger partial charge on any atom is 0.243 e. The number of aryl methyl sites for hydroxylation is 1. The topological polar surface area (TPSA) is 66.5 Å². The number of hydrogen-bond donors (Lipinski definition) is 1. The third-order valence-electron chi connectivity index (χ3n) is 5.48. The maximum atomic E-state index is 13.1. The highest BCUT2D eigenvalue weighted by molar-refractivity contribution is 7.89. The highest BCUT2D eigenvalue weighted by Crippen LogP contribution is 2.28. The molecule has 2 aromatic carbocycles. The fraction of sp³-hybridized carbons (Fsp3) is 0.435. The minimum atomic E-state index is -3.61. The number of carbonyl (C=O) groups excluding carboxylic acids is 1. The van der Waals surface area contributed by atoms with Crippen LogP contribution < -0.4 is 5.32 Å². The van der Waals surface area contributed by atoms with Gasteiger partial charge in [0.2, 0.25) is 15.9 Å². The fourth-order valence-electron chi connectivity index (χ4n) is 3.72. The minimum Gasteiger partial charge on any atom is -0.326 e. The molecule has 0 aromatic heterocycles. The Labute approximate surface area is 174 Å². The largest absolute Gasteiger partial charge is 0.326 e. The lowest BCUT2D eigenvalue weighted by Gasteiger charge is -2.34. The van der Waals surface area contributed by atoms with Gasteiger partial charge in [0.25, 0.3) is 0 Å². The van der Waals surface area contributed by atoms with Crippen molar-refractivity contribution in [3.8, 4) is 0 Å². The second-order valence-electron chi connectivity index (χ2n) is 8.11. The average molecular weight is 415 g/mol. The first-order valence-electron chi connectivity index (χ1n) is 10.3. The minimum absolute atomic E-state index is 0.154. The van der Waals surface area contributed by atoms with E-state index in [1.165, 1.54) is 9.87 Å². The Morgan fingerprint density at radius 2 is 1.72 bits per heavy atom. The Balaban J connectivity index is 1.70. The van der Waals surface area contributed by atoms with E-state index in [1.54, 1.807) is 24.3 Å². The summed E-state index contributed by atoms with van der Waals surface area (Å²) < 4.78 is 27.8. The van der Waals surface area contributed by atoms with Crippen molar-refractivity contribution in [2.75, 3.05) is 11.9 Å². The van der Waals surface area contributed by atoms with E-state index in [0.717, 1.165) is 24.1 Å². The zero-order valence-corrected chi connectivity index (χ0v) is 18.2. The molecule has 0 aliphatic carbocycles. The summed E-state index contributed by atoms with van der Waals surface area (Å²) in [6, 6.07) is 14.4. The number of nitrogens with zero attached hydrogens (tertiary/aromatic N) is 1. The van der Waals surface area contributed by atoms with Crippen LogP contribution in [0.15, 0.2) is 53.4 Å². The molecule has 1 aliphatic heterocycles. The molecule has 1 heterocycles. The summed E-state index contributed by atoms with van der Waals surface area (Å²) in [6.45, 7) is 6.63. The summed E-state index contributed by atoms with van der Waals surface area (Å²) in [6.07, 6.45) is 2.61. The van der Waals surface area contributed by atoms with E-state index < -0.39 is 10.0 Å². The lowest BCUT2D eigenvalue weighted by Crippen LogP contribution is -2.45. The Morgan fingerprint density at radius 3 is 2.34 bits per heavy atom. The van der Waals surface area contributed by atoms with E-state index in [1.807, 2.05) is 31.2 Å². The van der Waals surface area contributed by atoms with Crippen molar-refractivity contribution in [1.29, 1.82) is 0 Å². The van der Waals surface area contributed by atoms with Gasteiger partial charge in [-0.3, -0.25) is 4.79 Å². The zero-order chi connectivity index (χ0) is 21.0. The number of hydrogen-bond acceptors (Lipinski definition) is 3. The number of nitrogens with one attached hydrogen (secondary N) is 1. The van der Waals surface area contributed by atoms with Crippen LogP contribution in [-0.4, -0.2) is 31.2 Å². The molecule has 1 atom stereocenters. The van der Waals surface area contributed by atoms with E-state index in [0.29, 0.717) is 23.8 Å². The first kappa shape index (κ1) is 21.5. The molecule has 1 fully saturated rings. The van der Waals surface area contributed by atoms with Crippen LogP contribution in [0.2, 0.25) is 0 Å². The summed E-state index contributed by atoms with van der Waals surface area (Å²) in [5.41, 5.74) is 2.97. The number of carbonyl (C=O) groups is 1. The molecular formula is C23H30N2O3S. The number of amides is 1. The molecule has 1 aliphatic rings. The van der Waals surface area contributed by atoms with Gasteiger partial charge in [0.05, 0.1) is 4.90 Å². The standard InChI is InChI=1S/C23H30N2O3S/c1-17(2)19-9-11-20(12-10-19)24-23(26)16-21-6-4-5-15-25(21)29(27,28)22-13-7-18(3)8-14-22/h7-14,17,21H,4-6,15-16H2,1-3H3,(H,24,26)/t21-/m1/s1. The van der Waals surface area contributed by atoms with Crippen molar-refractivity contribution < 1.29 is 13.2 Å². The monoisotopic (exact) mass is 414 g/mol. The molecule has 0 spiro atoms. The van der Waals surface area contributed by atoms with E-state index in [-0.39, 0.29) is 18.4 Å². The SMILES string of the molecule is Cc1ccc(S(=O)(=O)N2CCCC[C@@H]2CC(=O)Nc2ccc(C(C)C)cc2)cc1. The second-order valence-corrected chi connectivity index (χ2v) is 10.00. The molecule has 2 aromatic rings. The quantitative estimate of drug-likeness (QED) is 0.746. The van der Waals surface area contributed by atoms with Crippen LogP contribution in [0.3, 0.4) is 0 Å². The molecule has 1 amide bonds. The van der Waals surface area contributed by atoms with Crippen LogP contribution in [0.25, 0.3) is 0 Å². The Bertz CT molecular complexity index is 935. The van der Waals surface area contributed by atoms with Gasteiger partial charge in [0.1, 0.15) is 0 Å². The molecule has 5 nitrogen and oxygen atoms in total. The Hall–Kier alpha value is -2.18. The predicted octanol–water partition coefficient (Wildman–Crippen LogP) is 4.69. The van der Waals surface area contributed by atoms with Crippen LogP contribution >= 0.6 is 0 Å². The van der Waals surface area contributed by atoms with Gasteiger partial charge >= 0.3 is 0 Å². The van der Waals surface area contributed by atoms with Gasteiger partial charge in [-0.15, -0.1) is 0 Å². The zero-order valence-electron chi connectivity index (χ0n) is 17.4. The molecule has 0 radical (unpaired) electrons. The van der Waals surface area contributed by atoms with Crippen LogP contribution in [0.1, 0.15) is 56.6 Å². The Kier molecular flexibility index (Phi) is 6.75. The molecule has 1 N–H and O–H groups in total. The van der Waals surface area contributed by atoms with E-state index in [9.17, 15) is 13.2 Å². The number of rotatable bonds is 6. The second kappa shape index (κ2) is 9.09. The number of benzene rings is 2. The van der Waals surface area contributed by atoms with Crippen LogP contribution in [0.5, 0.6) is 0 Å². The van der Waals surface area contributed by atoms with Gasteiger partial charge in [-0.25, -0.2) is 8.42 Å². The molecule has 3 rings (SSSR count). The predicted molar refractivity (Wildman–Crippen MR) is 116 cm³/mol. The van der Waals surface area contributed by atoms with Crippen molar-refractivity contribution in [3.05, 3.63) is 59.7 Å². The van der Waals surface area contributed by atoms with Crippen molar-refractivity contribution in [2.45, 2.75) is 63.3 Å². The van der Waals surface area contributed by atoms with Crippen LogP contribution in [-0.2, 0) is 14.8 Å². The third-order valence-corrected chi connectivity index (χ3v) is 7.45. The maximum absolute atomic E-state index is 13.1. The summed E-state index contributed by atoms with van der Waals surface area (Å²) in [4.78, 5) is 12.9. The van der Waals surface area contributed by atoms with Crippen molar-refractivity contribution in [1.82, 2.24) is 4.31 Å². The van der Waals surface area contributed by atoms with Crippen molar-refractivity contribution in [3.63, 3.8) is 0 Å².